The average Bonchev–Trinajstić information content (AvgIpc) is 2.89. The van der Waals surface area contributed by atoms with Crippen LogP contribution in [-0.4, -0.2) is 58.1 Å². The Hall–Kier alpha value is -3.89. The van der Waals surface area contributed by atoms with Crippen LogP contribution in [0.2, 0.25) is 0 Å². The number of hydrogen-bond donors (Lipinski definition) is 2. The molecule has 0 aliphatic heterocycles. The van der Waals surface area contributed by atoms with Gasteiger partial charge in [-0.1, -0.05) is 26.0 Å². The van der Waals surface area contributed by atoms with Gasteiger partial charge in [0.05, 0.1) is 24.6 Å². The summed E-state index contributed by atoms with van der Waals surface area (Å²) in [4.78, 5) is 20.8. The zero-order valence-electron chi connectivity index (χ0n) is 22.0. The van der Waals surface area contributed by atoms with E-state index >= 15 is 0 Å². The summed E-state index contributed by atoms with van der Waals surface area (Å²) in [5.41, 5.74) is 2.24. The lowest BCUT2D eigenvalue weighted by atomic mass is 10.0. The van der Waals surface area contributed by atoms with Crippen LogP contribution >= 0.6 is 0 Å². The van der Waals surface area contributed by atoms with Gasteiger partial charge in [-0.2, -0.15) is 0 Å². The van der Waals surface area contributed by atoms with E-state index in [1.807, 2.05) is 18.2 Å². The first-order valence-electron chi connectivity index (χ1n) is 12.1. The molecule has 9 nitrogen and oxygen atoms in total. The number of methoxy groups -OCH3 is 2. The highest BCUT2D eigenvalue weighted by molar-refractivity contribution is 7.90. The molecule has 0 unspecified atom stereocenters. The topological polar surface area (TPSA) is 120 Å². The Morgan fingerprint density at radius 2 is 1.66 bits per heavy atom. The van der Waals surface area contributed by atoms with Crippen molar-refractivity contribution in [1.29, 1.82) is 0 Å². The number of ether oxygens (including phenoxy) is 3. The van der Waals surface area contributed by atoms with E-state index in [0.29, 0.717) is 58.7 Å². The fourth-order valence-corrected chi connectivity index (χ4v) is 4.68. The van der Waals surface area contributed by atoms with E-state index < -0.39 is 9.84 Å². The molecule has 0 radical (unpaired) electrons. The number of fused-ring (bicyclic) bond motifs is 1. The van der Waals surface area contributed by atoms with Gasteiger partial charge in [0.15, 0.2) is 9.84 Å². The van der Waals surface area contributed by atoms with E-state index in [0.717, 1.165) is 11.1 Å². The predicted molar refractivity (Wildman–Crippen MR) is 148 cm³/mol. The second-order valence-corrected chi connectivity index (χ2v) is 11.1. The van der Waals surface area contributed by atoms with Crippen LogP contribution in [0.25, 0.3) is 33.4 Å². The normalized spacial score (nSPS) is 11.6. The third-order valence-electron chi connectivity index (χ3n) is 5.96. The number of nitrogens with one attached hydrogen (secondary N) is 2. The Kier molecular flexibility index (Phi) is 8.03. The fourth-order valence-electron chi connectivity index (χ4n) is 4.05. The Balaban J connectivity index is 1.81. The van der Waals surface area contributed by atoms with Crippen molar-refractivity contribution < 1.29 is 22.6 Å². The van der Waals surface area contributed by atoms with E-state index in [2.05, 4.69) is 29.1 Å². The van der Waals surface area contributed by atoms with Crippen molar-refractivity contribution in [2.24, 2.45) is 0 Å². The SMILES string of the molecule is COc1cc(OC)c2c(=O)[nH]c(-c3ccc(OCCNC(C)C)c(-c4ccc(S(C)(=O)=O)cc4)c3)nc2c1. The van der Waals surface area contributed by atoms with Crippen LogP contribution in [0.3, 0.4) is 0 Å². The molecule has 0 spiro atoms. The number of sulfone groups is 1. The number of H-pyrrole nitrogens is 1. The second-order valence-electron chi connectivity index (χ2n) is 9.10. The smallest absolute Gasteiger partial charge is 0.262 e. The first-order chi connectivity index (χ1) is 18.1. The molecule has 10 heteroatoms. The maximum Gasteiger partial charge on any atom is 0.262 e. The van der Waals surface area contributed by atoms with Crippen molar-refractivity contribution in [1.82, 2.24) is 15.3 Å². The lowest BCUT2D eigenvalue weighted by Crippen LogP contribution is -2.27. The van der Waals surface area contributed by atoms with Gasteiger partial charge in [-0.05, 0) is 35.9 Å². The summed E-state index contributed by atoms with van der Waals surface area (Å²) in [5, 5.41) is 3.64. The van der Waals surface area contributed by atoms with Gasteiger partial charge in [-0.25, -0.2) is 13.4 Å². The average molecular weight is 538 g/mol. The summed E-state index contributed by atoms with van der Waals surface area (Å²) >= 11 is 0. The molecule has 4 rings (SSSR count). The largest absolute Gasteiger partial charge is 0.497 e. The Bertz CT molecular complexity index is 1610. The molecule has 0 fully saturated rings. The minimum absolute atomic E-state index is 0.226. The first-order valence-corrected chi connectivity index (χ1v) is 14.0. The standard InChI is InChI=1S/C28H31N3O6S/c1-17(2)29-12-13-37-24-11-8-19(14-22(24)18-6-9-21(10-7-18)38(5,33)34)27-30-23-15-20(35-3)16-25(36-4)26(23)28(32)31-27/h6-11,14-17,29H,12-13H2,1-5H3,(H,30,31,32). The van der Waals surface area contributed by atoms with Crippen LogP contribution in [0.5, 0.6) is 17.2 Å². The molecule has 38 heavy (non-hydrogen) atoms. The second kappa shape index (κ2) is 11.2. The van der Waals surface area contributed by atoms with E-state index in [4.69, 9.17) is 14.2 Å². The Morgan fingerprint density at radius 3 is 2.29 bits per heavy atom. The van der Waals surface area contributed by atoms with Crippen LogP contribution in [0, 0.1) is 0 Å². The number of benzene rings is 3. The summed E-state index contributed by atoms with van der Waals surface area (Å²) in [6.07, 6.45) is 1.17. The quantitative estimate of drug-likeness (QED) is 0.291. The van der Waals surface area contributed by atoms with Crippen molar-refractivity contribution >= 4 is 20.7 Å². The maximum atomic E-state index is 13.0. The number of aromatic nitrogens is 2. The molecule has 4 aromatic rings. The number of rotatable bonds is 10. The monoisotopic (exact) mass is 537 g/mol. The van der Waals surface area contributed by atoms with Gasteiger partial charge in [0.2, 0.25) is 0 Å². The molecule has 0 aliphatic carbocycles. The van der Waals surface area contributed by atoms with Gasteiger partial charge >= 0.3 is 0 Å². The van der Waals surface area contributed by atoms with Gasteiger partial charge in [-0.3, -0.25) is 4.79 Å². The molecule has 0 bridgehead atoms. The molecular weight excluding hydrogens is 506 g/mol. The van der Waals surface area contributed by atoms with E-state index in [9.17, 15) is 13.2 Å². The van der Waals surface area contributed by atoms with E-state index in [-0.39, 0.29) is 10.5 Å². The van der Waals surface area contributed by atoms with Gasteiger partial charge in [0, 0.05) is 42.1 Å². The highest BCUT2D eigenvalue weighted by atomic mass is 32.2. The van der Waals surface area contributed by atoms with Crippen LogP contribution < -0.4 is 25.1 Å². The molecule has 0 atom stereocenters. The van der Waals surface area contributed by atoms with Crippen molar-refractivity contribution in [3.63, 3.8) is 0 Å². The molecule has 1 heterocycles. The number of aromatic amines is 1. The highest BCUT2D eigenvalue weighted by Crippen LogP contribution is 2.35. The van der Waals surface area contributed by atoms with Gasteiger partial charge in [-0.15, -0.1) is 0 Å². The third-order valence-corrected chi connectivity index (χ3v) is 7.09. The molecule has 0 saturated carbocycles. The van der Waals surface area contributed by atoms with Crippen LogP contribution in [0.4, 0.5) is 0 Å². The predicted octanol–water partition coefficient (Wildman–Crippen LogP) is 4.05. The Morgan fingerprint density at radius 1 is 0.947 bits per heavy atom. The molecule has 0 saturated heterocycles. The first kappa shape index (κ1) is 27.2. The summed E-state index contributed by atoms with van der Waals surface area (Å²) in [6.45, 7) is 5.23. The zero-order valence-corrected chi connectivity index (χ0v) is 22.8. The summed E-state index contributed by atoms with van der Waals surface area (Å²) in [7, 11) is -0.318. The molecule has 0 amide bonds. The van der Waals surface area contributed by atoms with Crippen LogP contribution in [0.15, 0.2) is 64.3 Å². The number of nitrogens with zero attached hydrogens (tertiary/aromatic N) is 1. The van der Waals surface area contributed by atoms with E-state index in [1.165, 1.54) is 20.5 Å². The zero-order chi connectivity index (χ0) is 27.4. The van der Waals surface area contributed by atoms with Crippen molar-refractivity contribution in [2.45, 2.75) is 24.8 Å². The lowest BCUT2D eigenvalue weighted by molar-refractivity contribution is 0.310. The van der Waals surface area contributed by atoms with Gasteiger partial charge < -0.3 is 24.5 Å². The van der Waals surface area contributed by atoms with Crippen molar-refractivity contribution in [3.05, 3.63) is 65.0 Å². The molecule has 200 valence electrons. The molecule has 1 aromatic heterocycles. The van der Waals surface area contributed by atoms with Crippen LogP contribution in [-0.2, 0) is 9.84 Å². The third kappa shape index (κ3) is 5.98. The molecular formula is C28H31N3O6S. The molecule has 3 aromatic carbocycles. The molecule has 0 aliphatic rings. The van der Waals surface area contributed by atoms with Gasteiger partial charge in [0.1, 0.15) is 35.1 Å². The van der Waals surface area contributed by atoms with Crippen molar-refractivity contribution in [3.8, 4) is 39.8 Å². The lowest BCUT2D eigenvalue weighted by Gasteiger charge is -2.15. The Labute approximate surface area is 221 Å². The fraction of sp³-hybridized carbons (Fsp3) is 0.286. The van der Waals surface area contributed by atoms with Gasteiger partial charge in [0.25, 0.3) is 5.56 Å². The summed E-state index contributed by atoms with van der Waals surface area (Å²) in [6, 6.07) is 15.8. The molecule has 2 N–H and O–H groups in total. The number of hydrogen-bond acceptors (Lipinski definition) is 8. The minimum Gasteiger partial charge on any atom is -0.497 e. The highest BCUT2D eigenvalue weighted by Gasteiger charge is 2.16. The summed E-state index contributed by atoms with van der Waals surface area (Å²) < 4.78 is 40.7. The minimum atomic E-state index is -3.34. The van der Waals surface area contributed by atoms with Crippen molar-refractivity contribution in [2.75, 3.05) is 33.6 Å². The maximum absolute atomic E-state index is 13.0. The van der Waals surface area contributed by atoms with E-state index in [1.54, 1.807) is 36.4 Å². The summed E-state index contributed by atoms with van der Waals surface area (Å²) in [5.74, 6) is 1.87. The van der Waals surface area contributed by atoms with Crippen LogP contribution in [0.1, 0.15) is 13.8 Å².